The number of rotatable bonds is 3. The van der Waals surface area contributed by atoms with Gasteiger partial charge in [0.05, 0.1) is 22.7 Å². The minimum atomic E-state index is -0.717. The van der Waals surface area contributed by atoms with E-state index in [1.54, 1.807) is 6.92 Å². The second-order valence-electron chi connectivity index (χ2n) is 4.11. The van der Waals surface area contributed by atoms with Crippen LogP contribution >= 0.6 is 0 Å². The molecule has 20 heavy (non-hydrogen) atoms. The van der Waals surface area contributed by atoms with Crippen LogP contribution in [0.25, 0.3) is 0 Å². The fraction of sp³-hybridized carbons (Fsp3) is 0.167. The molecule has 102 valence electrons. The van der Waals surface area contributed by atoms with E-state index >= 15 is 0 Å². The quantitative estimate of drug-likeness (QED) is 0.677. The van der Waals surface area contributed by atoms with E-state index < -0.39 is 10.7 Å². The number of halogens is 1. The molecule has 1 aromatic heterocycles. The van der Waals surface area contributed by atoms with Crippen molar-refractivity contribution in [2.45, 2.75) is 13.5 Å². The van der Waals surface area contributed by atoms with Gasteiger partial charge in [0.25, 0.3) is 5.69 Å². The van der Waals surface area contributed by atoms with Crippen LogP contribution in [0.4, 0.5) is 15.9 Å². The number of hydrogen-bond acceptors (Lipinski definition) is 5. The summed E-state index contributed by atoms with van der Waals surface area (Å²) in [5.41, 5.74) is 5.82. The summed E-state index contributed by atoms with van der Waals surface area (Å²) in [6.07, 6.45) is 0. The van der Waals surface area contributed by atoms with Crippen LogP contribution in [0, 0.1) is 34.2 Å². The highest BCUT2D eigenvalue weighted by molar-refractivity contribution is 5.52. The fourth-order valence-corrected chi connectivity index (χ4v) is 1.88. The molecule has 8 heteroatoms. The molecule has 2 rings (SSSR count). The molecule has 0 bridgehead atoms. The van der Waals surface area contributed by atoms with Gasteiger partial charge in [-0.1, -0.05) is 6.07 Å². The lowest BCUT2D eigenvalue weighted by atomic mass is 10.1. The third kappa shape index (κ3) is 2.16. The standard InChI is InChI=1S/C12H10FN5O2/c1-7-8(5-14)12(15)17(16-7)6-9-10(13)3-2-4-11(9)18(19)20/h2-4H,6,15H2,1H3. The Morgan fingerprint density at radius 1 is 1.60 bits per heavy atom. The summed E-state index contributed by atoms with van der Waals surface area (Å²) >= 11 is 0. The topological polar surface area (TPSA) is 111 Å². The highest BCUT2D eigenvalue weighted by Gasteiger charge is 2.20. The molecule has 2 aromatic rings. The second-order valence-corrected chi connectivity index (χ2v) is 4.11. The number of nitriles is 1. The maximum absolute atomic E-state index is 13.8. The summed E-state index contributed by atoms with van der Waals surface area (Å²) in [6, 6.07) is 5.47. The smallest absolute Gasteiger partial charge is 0.277 e. The lowest BCUT2D eigenvalue weighted by molar-refractivity contribution is -0.385. The van der Waals surface area contributed by atoms with Crippen molar-refractivity contribution in [3.63, 3.8) is 0 Å². The number of aryl methyl sites for hydroxylation is 1. The van der Waals surface area contributed by atoms with Crippen LogP contribution in [0.5, 0.6) is 0 Å². The maximum Gasteiger partial charge on any atom is 0.277 e. The van der Waals surface area contributed by atoms with Gasteiger partial charge in [-0.3, -0.25) is 10.1 Å². The third-order valence-corrected chi connectivity index (χ3v) is 2.88. The molecule has 0 radical (unpaired) electrons. The molecule has 0 atom stereocenters. The lowest BCUT2D eigenvalue weighted by Crippen LogP contribution is -2.10. The first-order chi connectivity index (χ1) is 9.45. The van der Waals surface area contributed by atoms with Gasteiger partial charge in [-0.15, -0.1) is 0 Å². The number of anilines is 1. The lowest BCUT2D eigenvalue weighted by Gasteiger charge is -2.06. The predicted octanol–water partition coefficient (Wildman–Crippen LogP) is 1.74. The summed E-state index contributed by atoms with van der Waals surface area (Å²) in [6.45, 7) is 1.37. The van der Waals surface area contributed by atoms with Gasteiger partial charge >= 0.3 is 0 Å². The average molecular weight is 275 g/mol. The molecule has 0 saturated carbocycles. The van der Waals surface area contributed by atoms with Crippen LogP contribution < -0.4 is 5.73 Å². The number of nitrogen functional groups attached to an aromatic ring is 1. The Labute approximate surface area is 113 Å². The number of benzene rings is 1. The fourth-order valence-electron chi connectivity index (χ4n) is 1.88. The van der Waals surface area contributed by atoms with Gasteiger partial charge in [0.15, 0.2) is 0 Å². The zero-order chi connectivity index (χ0) is 14.9. The van der Waals surface area contributed by atoms with E-state index in [4.69, 9.17) is 11.0 Å². The minimum absolute atomic E-state index is 0.0579. The first-order valence-electron chi connectivity index (χ1n) is 5.60. The van der Waals surface area contributed by atoms with Crippen molar-refractivity contribution >= 4 is 11.5 Å². The molecular formula is C12H10FN5O2. The number of hydrogen-bond donors (Lipinski definition) is 1. The van der Waals surface area contributed by atoms with Crippen LogP contribution in [0.15, 0.2) is 18.2 Å². The second kappa shape index (κ2) is 4.97. The Bertz CT molecular complexity index is 732. The molecule has 1 aromatic carbocycles. The zero-order valence-electron chi connectivity index (χ0n) is 10.5. The monoisotopic (exact) mass is 275 g/mol. The van der Waals surface area contributed by atoms with Crippen molar-refractivity contribution in [1.82, 2.24) is 9.78 Å². The van der Waals surface area contributed by atoms with E-state index in [0.717, 1.165) is 6.07 Å². The normalized spacial score (nSPS) is 10.2. The summed E-state index contributed by atoms with van der Waals surface area (Å²) in [5.74, 6) is -0.659. The van der Waals surface area contributed by atoms with Gasteiger partial charge < -0.3 is 5.73 Å². The molecule has 0 spiro atoms. The Morgan fingerprint density at radius 3 is 2.85 bits per heavy atom. The number of aromatic nitrogens is 2. The number of nitrogens with zero attached hydrogens (tertiary/aromatic N) is 4. The van der Waals surface area contributed by atoms with E-state index in [9.17, 15) is 14.5 Å². The summed E-state index contributed by atoms with van der Waals surface area (Å²) < 4.78 is 14.9. The van der Waals surface area contributed by atoms with Gasteiger partial charge in [-0.05, 0) is 13.0 Å². The summed E-state index contributed by atoms with van der Waals surface area (Å²) in [7, 11) is 0. The van der Waals surface area contributed by atoms with Crippen LogP contribution in [0.2, 0.25) is 0 Å². The molecule has 2 N–H and O–H groups in total. The van der Waals surface area contributed by atoms with Crippen LogP contribution in [0.3, 0.4) is 0 Å². The number of nitrogens with two attached hydrogens (primary N) is 1. The average Bonchev–Trinajstić information content (AvgIpc) is 2.66. The molecule has 1 heterocycles. The van der Waals surface area contributed by atoms with Gasteiger partial charge in [-0.25, -0.2) is 9.07 Å². The van der Waals surface area contributed by atoms with Crippen molar-refractivity contribution in [3.05, 3.63) is 51.0 Å². The van der Waals surface area contributed by atoms with Crippen molar-refractivity contribution in [2.24, 2.45) is 0 Å². The van der Waals surface area contributed by atoms with E-state index in [2.05, 4.69) is 5.10 Å². The molecule has 0 saturated heterocycles. The Balaban J connectivity index is 2.51. The highest BCUT2D eigenvalue weighted by atomic mass is 19.1. The number of nitro groups is 1. The van der Waals surface area contributed by atoms with E-state index in [0.29, 0.717) is 5.69 Å². The molecule has 0 amide bonds. The zero-order valence-corrected chi connectivity index (χ0v) is 10.5. The largest absolute Gasteiger partial charge is 0.383 e. The molecule has 0 unspecified atom stereocenters. The molecular weight excluding hydrogens is 265 g/mol. The van der Waals surface area contributed by atoms with E-state index in [1.165, 1.54) is 16.8 Å². The molecule has 0 aliphatic carbocycles. The SMILES string of the molecule is Cc1nn(Cc2c(F)cccc2[N+](=O)[O-])c(N)c1C#N. The third-order valence-electron chi connectivity index (χ3n) is 2.88. The Kier molecular flexibility index (Phi) is 3.35. The van der Waals surface area contributed by atoms with Gasteiger partial charge in [0, 0.05) is 6.07 Å². The molecule has 7 nitrogen and oxygen atoms in total. The predicted molar refractivity (Wildman–Crippen MR) is 68.2 cm³/mol. The van der Waals surface area contributed by atoms with Crippen molar-refractivity contribution < 1.29 is 9.31 Å². The van der Waals surface area contributed by atoms with Crippen LogP contribution in [-0.2, 0) is 6.54 Å². The van der Waals surface area contributed by atoms with Crippen molar-refractivity contribution in [2.75, 3.05) is 5.73 Å². The first kappa shape index (κ1) is 13.5. The number of nitro benzene ring substituents is 1. The highest BCUT2D eigenvalue weighted by Crippen LogP contribution is 2.24. The van der Waals surface area contributed by atoms with Crippen molar-refractivity contribution in [1.29, 1.82) is 5.26 Å². The molecule has 0 fully saturated rings. The van der Waals surface area contributed by atoms with E-state index in [1.807, 2.05) is 6.07 Å². The van der Waals surface area contributed by atoms with Gasteiger partial charge in [0.2, 0.25) is 0 Å². The van der Waals surface area contributed by atoms with Crippen LogP contribution in [-0.4, -0.2) is 14.7 Å². The Hall–Kier alpha value is -2.95. The van der Waals surface area contributed by atoms with E-state index in [-0.39, 0.29) is 29.2 Å². The van der Waals surface area contributed by atoms with Crippen molar-refractivity contribution in [3.8, 4) is 6.07 Å². The molecule has 0 aliphatic heterocycles. The van der Waals surface area contributed by atoms with Gasteiger partial charge in [0.1, 0.15) is 23.3 Å². The van der Waals surface area contributed by atoms with Gasteiger partial charge in [-0.2, -0.15) is 10.4 Å². The molecule has 0 aliphatic rings. The maximum atomic E-state index is 13.8. The summed E-state index contributed by atoms with van der Waals surface area (Å²) in [4.78, 5) is 10.2. The van der Waals surface area contributed by atoms with Crippen LogP contribution in [0.1, 0.15) is 16.8 Å². The summed E-state index contributed by atoms with van der Waals surface area (Å²) in [5, 5.41) is 23.8. The first-order valence-corrected chi connectivity index (χ1v) is 5.60. The Morgan fingerprint density at radius 2 is 2.30 bits per heavy atom. The minimum Gasteiger partial charge on any atom is -0.383 e.